The highest BCUT2D eigenvalue weighted by Crippen LogP contribution is 2.08. The molecule has 0 spiro atoms. The summed E-state index contributed by atoms with van der Waals surface area (Å²) in [4.78, 5) is 8.33. The summed E-state index contributed by atoms with van der Waals surface area (Å²) in [7, 11) is 0. The maximum Gasteiger partial charge on any atom is 0.178 e. The van der Waals surface area contributed by atoms with Gasteiger partial charge in [0.25, 0.3) is 0 Å². The molecule has 0 saturated carbocycles. The first-order chi connectivity index (χ1) is 12.8. The molecule has 118 valence electrons. The van der Waals surface area contributed by atoms with Gasteiger partial charge in [0.05, 0.1) is 0 Å². The Balaban J connectivity index is 2.10. The van der Waals surface area contributed by atoms with Crippen molar-refractivity contribution in [3.63, 3.8) is 0 Å². The molecule has 0 aliphatic heterocycles. The van der Waals surface area contributed by atoms with Gasteiger partial charge < -0.3 is 0 Å². The largest absolute Gasteiger partial charge is 0.222 e. The number of aromatic nitrogens is 2. The standard InChI is InChI=1S/C22H10N4/c23-15-21-22(16-24)26-20(14-12-18-9-5-2-6-10-18)19(25-21)13-11-17-7-3-1-4-8-17/h1-10H. The predicted molar refractivity (Wildman–Crippen MR) is 96.3 cm³/mol. The van der Waals surface area contributed by atoms with E-state index in [1.807, 2.05) is 72.8 Å². The molecule has 1 aromatic heterocycles. The second-order valence-corrected chi connectivity index (χ2v) is 5.07. The number of hydrogen-bond acceptors (Lipinski definition) is 4. The van der Waals surface area contributed by atoms with Crippen LogP contribution in [0.3, 0.4) is 0 Å². The highest BCUT2D eigenvalue weighted by molar-refractivity contribution is 5.51. The lowest BCUT2D eigenvalue weighted by molar-refractivity contribution is 1.09. The van der Waals surface area contributed by atoms with Gasteiger partial charge in [0.1, 0.15) is 23.5 Å². The Morgan fingerprint density at radius 1 is 0.500 bits per heavy atom. The molecule has 0 aliphatic rings. The third-order valence-electron chi connectivity index (χ3n) is 3.31. The van der Waals surface area contributed by atoms with Crippen LogP contribution in [0.5, 0.6) is 0 Å². The molecule has 2 aromatic carbocycles. The Morgan fingerprint density at radius 2 is 0.885 bits per heavy atom. The molecule has 1 heterocycles. The minimum Gasteiger partial charge on any atom is -0.222 e. The van der Waals surface area contributed by atoms with E-state index >= 15 is 0 Å². The normalized spacial score (nSPS) is 8.85. The van der Waals surface area contributed by atoms with E-state index in [0.29, 0.717) is 0 Å². The Morgan fingerprint density at radius 3 is 1.23 bits per heavy atom. The summed E-state index contributed by atoms with van der Waals surface area (Å²) in [5.74, 6) is 11.8. The van der Waals surface area contributed by atoms with Gasteiger partial charge in [0.2, 0.25) is 0 Å². The van der Waals surface area contributed by atoms with Gasteiger partial charge in [0, 0.05) is 11.1 Å². The van der Waals surface area contributed by atoms with Gasteiger partial charge in [-0.25, -0.2) is 9.97 Å². The van der Waals surface area contributed by atoms with Crippen LogP contribution >= 0.6 is 0 Å². The second kappa shape index (κ2) is 7.94. The first kappa shape index (κ1) is 16.5. The zero-order chi connectivity index (χ0) is 18.2. The van der Waals surface area contributed by atoms with Crippen molar-refractivity contribution < 1.29 is 0 Å². The summed E-state index contributed by atoms with van der Waals surface area (Å²) in [5.41, 5.74) is 2.03. The van der Waals surface area contributed by atoms with Crippen LogP contribution in [0.25, 0.3) is 0 Å². The topological polar surface area (TPSA) is 73.4 Å². The van der Waals surface area contributed by atoms with Crippen LogP contribution in [0.1, 0.15) is 33.9 Å². The molecule has 4 heteroatoms. The van der Waals surface area contributed by atoms with E-state index < -0.39 is 0 Å². The molecule has 26 heavy (non-hydrogen) atoms. The summed E-state index contributed by atoms with van der Waals surface area (Å²) >= 11 is 0. The van der Waals surface area contributed by atoms with Crippen LogP contribution in [-0.2, 0) is 0 Å². The average molecular weight is 330 g/mol. The van der Waals surface area contributed by atoms with Gasteiger partial charge in [-0.2, -0.15) is 10.5 Å². The first-order valence-corrected chi connectivity index (χ1v) is 7.66. The molecule has 3 rings (SSSR count). The van der Waals surface area contributed by atoms with Gasteiger partial charge >= 0.3 is 0 Å². The number of nitrogens with zero attached hydrogens (tertiary/aromatic N) is 4. The molecular formula is C22H10N4. The second-order valence-electron chi connectivity index (χ2n) is 5.07. The van der Waals surface area contributed by atoms with Gasteiger partial charge in [-0.05, 0) is 36.1 Å². The summed E-state index contributed by atoms with van der Waals surface area (Å²) in [6.07, 6.45) is 0. The fraction of sp³-hybridized carbons (Fsp3) is 0. The maximum atomic E-state index is 9.17. The molecular weight excluding hydrogens is 320 g/mol. The summed E-state index contributed by atoms with van der Waals surface area (Å²) in [5, 5.41) is 18.3. The third-order valence-corrected chi connectivity index (χ3v) is 3.31. The van der Waals surface area contributed by atoms with Crippen LogP contribution in [0.2, 0.25) is 0 Å². The van der Waals surface area contributed by atoms with Gasteiger partial charge in [-0.15, -0.1) is 0 Å². The summed E-state index contributed by atoms with van der Waals surface area (Å²) in [6, 6.07) is 22.5. The quantitative estimate of drug-likeness (QED) is 0.594. The first-order valence-electron chi connectivity index (χ1n) is 7.66. The van der Waals surface area contributed by atoms with Crippen LogP contribution in [0, 0.1) is 46.3 Å². The summed E-state index contributed by atoms with van der Waals surface area (Å²) < 4.78 is 0. The van der Waals surface area contributed by atoms with Crippen LogP contribution in [-0.4, -0.2) is 9.97 Å². The number of benzene rings is 2. The lowest BCUT2D eigenvalue weighted by Crippen LogP contribution is -2.02. The fourth-order valence-corrected chi connectivity index (χ4v) is 2.07. The van der Waals surface area contributed by atoms with Crippen molar-refractivity contribution in [1.82, 2.24) is 9.97 Å². The van der Waals surface area contributed by atoms with E-state index in [4.69, 9.17) is 0 Å². The van der Waals surface area contributed by atoms with Gasteiger partial charge in [0.15, 0.2) is 11.4 Å². The molecule has 0 radical (unpaired) electrons. The van der Waals surface area contributed by atoms with Crippen LogP contribution in [0.15, 0.2) is 60.7 Å². The highest BCUT2D eigenvalue weighted by Gasteiger charge is 2.10. The van der Waals surface area contributed by atoms with Crippen LogP contribution < -0.4 is 0 Å². The van der Waals surface area contributed by atoms with E-state index in [1.54, 1.807) is 0 Å². The Hall–Kier alpha value is -4.38. The molecule has 0 saturated heterocycles. The van der Waals surface area contributed by atoms with Crippen molar-refractivity contribution in [1.29, 1.82) is 10.5 Å². The van der Waals surface area contributed by atoms with Crippen molar-refractivity contribution in [2.75, 3.05) is 0 Å². The zero-order valence-corrected chi connectivity index (χ0v) is 13.6. The zero-order valence-electron chi connectivity index (χ0n) is 13.6. The number of nitriles is 2. The smallest absolute Gasteiger partial charge is 0.178 e. The molecule has 0 bridgehead atoms. The number of rotatable bonds is 0. The van der Waals surface area contributed by atoms with Gasteiger partial charge in [-0.1, -0.05) is 48.2 Å². The molecule has 3 aromatic rings. The Bertz CT molecular complexity index is 1050. The summed E-state index contributed by atoms with van der Waals surface area (Å²) in [6.45, 7) is 0. The minimum atomic E-state index is -0.0601. The molecule has 0 N–H and O–H groups in total. The fourth-order valence-electron chi connectivity index (χ4n) is 2.07. The van der Waals surface area contributed by atoms with Crippen molar-refractivity contribution in [3.05, 3.63) is 94.6 Å². The van der Waals surface area contributed by atoms with E-state index in [0.717, 1.165) is 11.1 Å². The molecule has 0 aliphatic carbocycles. The molecule has 0 atom stereocenters. The molecule has 0 unspecified atom stereocenters. The SMILES string of the molecule is N#Cc1nc(C#Cc2ccccc2)c(C#Cc2ccccc2)nc1C#N. The van der Waals surface area contributed by atoms with E-state index in [2.05, 4.69) is 33.6 Å². The van der Waals surface area contributed by atoms with Crippen molar-refractivity contribution >= 4 is 0 Å². The average Bonchev–Trinajstić information content (AvgIpc) is 2.72. The van der Waals surface area contributed by atoms with Crippen molar-refractivity contribution in [3.8, 4) is 35.8 Å². The van der Waals surface area contributed by atoms with Gasteiger partial charge in [-0.3, -0.25) is 0 Å². The third kappa shape index (κ3) is 3.93. The molecule has 4 nitrogen and oxygen atoms in total. The monoisotopic (exact) mass is 330 g/mol. The number of hydrogen-bond donors (Lipinski definition) is 0. The maximum absolute atomic E-state index is 9.17. The molecule has 0 fully saturated rings. The lowest BCUT2D eigenvalue weighted by Gasteiger charge is -1.98. The van der Waals surface area contributed by atoms with Crippen LogP contribution in [0.4, 0.5) is 0 Å². The lowest BCUT2D eigenvalue weighted by atomic mass is 10.2. The Labute approximate surface area is 151 Å². The van der Waals surface area contributed by atoms with E-state index in [9.17, 15) is 10.5 Å². The van der Waals surface area contributed by atoms with Crippen molar-refractivity contribution in [2.24, 2.45) is 0 Å². The minimum absolute atomic E-state index is 0.0601. The van der Waals surface area contributed by atoms with Crippen molar-refractivity contribution in [2.45, 2.75) is 0 Å². The molecule has 0 amide bonds. The highest BCUT2D eigenvalue weighted by atomic mass is 14.8. The van der Waals surface area contributed by atoms with E-state index in [1.165, 1.54) is 0 Å². The Kier molecular flexibility index (Phi) is 5.03. The predicted octanol–water partition coefficient (Wildman–Crippen LogP) is 3.02. The van der Waals surface area contributed by atoms with E-state index in [-0.39, 0.29) is 22.8 Å².